The zero-order valence-electron chi connectivity index (χ0n) is 17.4. The molecule has 2 aromatic carbocycles. The summed E-state index contributed by atoms with van der Waals surface area (Å²) in [7, 11) is 0. The number of benzene rings is 2. The van der Waals surface area contributed by atoms with Crippen LogP contribution in [0.2, 0.25) is 0 Å². The summed E-state index contributed by atoms with van der Waals surface area (Å²) in [5, 5.41) is 0. The summed E-state index contributed by atoms with van der Waals surface area (Å²) in [6.07, 6.45) is 9.91. The molecule has 0 nitrogen and oxygen atoms in total. The molecule has 0 N–H and O–H groups in total. The predicted molar refractivity (Wildman–Crippen MR) is 120 cm³/mol. The molecule has 1 aliphatic carbocycles. The third-order valence-electron chi connectivity index (χ3n) is 5.80. The number of hydrogen-bond acceptors (Lipinski definition) is 0. The van der Waals surface area contributed by atoms with Gasteiger partial charge in [0.1, 0.15) is 0 Å². The molecule has 3 rings (SSSR count). The maximum Gasteiger partial charge on any atom is 0.0249 e. The Morgan fingerprint density at radius 1 is 0.786 bits per heavy atom. The Balaban J connectivity index is 1.49. The van der Waals surface area contributed by atoms with Crippen LogP contribution in [-0.2, 0) is 0 Å². The Bertz CT molecular complexity index is 839. The molecule has 2 aromatic rings. The highest BCUT2D eigenvalue weighted by atomic mass is 14.3. The Labute approximate surface area is 171 Å². The molecule has 28 heavy (non-hydrogen) atoms. The molecule has 0 aromatic heterocycles. The lowest BCUT2D eigenvalue weighted by atomic mass is 9.77. The van der Waals surface area contributed by atoms with E-state index < -0.39 is 0 Å². The molecule has 0 radical (unpaired) electrons. The van der Waals surface area contributed by atoms with Crippen LogP contribution in [0.5, 0.6) is 0 Å². The first-order valence-electron chi connectivity index (χ1n) is 10.9. The summed E-state index contributed by atoms with van der Waals surface area (Å²) in [4.78, 5) is 0. The smallest absolute Gasteiger partial charge is 0.0249 e. The van der Waals surface area contributed by atoms with E-state index in [0.717, 1.165) is 29.9 Å². The van der Waals surface area contributed by atoms with Gasteiger partial charge in [-0.05, 0) is 80.7 Å². The third-order valence-corrected chi connectivity index (χ3v) is 5.80. The van der Waals surface area contributed by atoms with Crippen molar-refractivity contribution in [2.45, 2.75) is 71.1 Å². The van der Waals surface area contributed by atoms with Gasteiger partial charge in [0.15, 0.2) is 0 Å². The average Bonchev–Trinajstić information content (AvgIpc) is 2.74. The summed E-state index contributed by atoms with van der Waals surface area (Å²) in [6, 6.07) is 17.3. The van der Waals surface area contributed by atoms with Gasteiger partial charge in [-0.15, -0.1) is 11.8 Å². The minimum absolute atomic E-state index is 0.711. The van der Waals surface area contributed by atoms with Crippen molar-refractivity contribution in [3.63, 3.8) is 0 Å². The first-order chi connectivity index (χ1) is 13.7. The van der Waals surface area contributed by atoms with E-state index in [1.807, 2.05) is 0 Å². The zero-order chi connectivity index (χ0) is 19.6. The van der Waals surface area contributed by atoms with Gasteiger partial charge in [-0.25, -0.2) is 0 Å². The summed E-state index contributed by atoms with van der Waals surface area (Å²) in [6.45, 7) is 4.33. The van der Waals surface area contributed by atoms with Gasteiger partial charge in [-0.3, -0.25) is 0 Å². The number of unbranched alkanes of at least 4 members (excludes halogenated alkanes) is 2. The summed E-state index contributed by atoms with van der Waals surface area (Å²) in [5.74, 6) is 14.8. The van der Waals surface area contributed by atoms with Crippen LogP contribution in [0.4, 0.5) is 0 Å². The largest absolute Gasteiger partial charge is 0.103 e. The fourth-order valence-electron chi connectivity index (χ4n) is 3.89. The molecule has 1 aliphatic rings. The van der Waals surface area contributed by atoms with Crippen LogP contribution in [0.25, 0.3) is 0 Å². The highest BCUT2D eigenvalue weighted by Gasteiger charge is 2.21. The van der Waals surface area contributed by atoms with Gasteiger partial charge in [0.05, 0.1) is 0 Å². The molecular formula is C28H32. The van der Waals surface area contributed by atoms with Gasteiger partial charge in [0, 0.05) is 24.0 Å². The second-order valence-corrected chi connectivity index (χ2v) is 8.12. The topological polar surface area (TPSA) is 0 Å². The average molecular weight is 369 g/mol. The Morgan fingerprint density at radius 3 is 2.00 bits per heavy atom. The van der Waals surface area contributed by atoms with Crippen molar-refractivity contribution in [3.8, 4) is 23.7 Å². The summed E-state index contributed by atoms with van der Waals surface area (Å²) < 4.78 is 0. The number of hydrogen-bond donors (Lipinski definition) is 0. The van der Waals surface area contributed by atoms with E-state index in [0.29, 0.717) is 5.92 Å². The second kappa shape index (κ2) is 10.8. The van der Waals surface area contributed by atoms with Crippen molar-refractivity contribution in [1.82, 2.24) is 0 Å². The van der Waals surface area contributed by atoms with Crippen molar-refractivity contribution in [2.75, 3.05) is 0 Å². The van der Waals surface area contributed by atoms with Crippen molar-refractivity contribution in [2.24, 2.45) is 5.92 Å². The first kappa shape index (κ1) is 20.3. The second-order valence-electron chi connectivity index (χ2n) is 8.12. The summed E-state index contributed by atoms with van der Waals surface area (Å²) >= 11 is 0. The van der Waals surface area contributed by atoms with Gasteiger partial charge in [0.2, 0.25) is 0 Å². The highest BCUT2D eigenvalue weighted by molar-refractivity contribution is 5.44. The van der Waals surface area contributed by atoms with E-state index in [-0.39, 0.29) is 0 Å². The van der Waals surface area contributed by atoms with Gasteiger partial charge in [0.25, 0.3) is 0 Å². The SMILES string of the molecule is CCCCC#CCC1CCC(c2ccc(C#Cc3ccc(C)cc3)cc2)CC1. The van der Waals surface area contributed by atoms with Crippen molar-refractivity contribution in [1.29, 1.82) is 0 Å². The van der Waals surface area contributed by atoms with E-state index in [1.54, 1.807) is 0 Å². The lowest BCUT2D eigenvalue weighted by Gasteiger charge is -2.27. The molecule has 0 spiro atoms. The molecule has 1 saturated carbocycles. The van der Waals surface area contributed by atoms with Crippen LogP contribution in [0, 0.1) is 36.5 Å². The van der Waals surface area contributed by atoms with E-state index in [9.17, 15) is 0 Å². The summed E-state index contributed by atoms with van der Waals surface area (Å²) in [5.41, 5.74) is 4.92. The third kappa shape index (κ3) is 6.32. The molecule has 0 saturated heterocycles. The van der Waals surface area contributed by atoms with E-state index in [2.05, 4.69) is 86.1 Å². The quantitative estimate of drug-likeness (QED) is 0.394. The maximum absolute atomic E-state index is 3.42. The normalized spacial score (nSPS) is 18.5. The maximum atomic E-state index is 3.42. The van der Waals surface area contributed by atoms with Crippen LogP contribution in [0.3, 0.4) is 0 Å². The van der Waals surface area contributed by atoms with Crippen LogP contribution in [0.1, 0.15) is 86.5 Å². The minimum atomic E-state index is 0.711. The van der Waals surface area contributed by atoms with Crippen LogP contribution < -0.4 is 0 Å². The fourth-order valence-corrected chi connectivity index (χ4v) is 3.89. The van der Waals surface area contributed by atoms with Crippen LogP contribution in [0.15, 0.2) is 48.5 Å². The Hall–Kier alpha value is -2.44. The molecule has 0 amide bonds. The van der Waals surface area contributed by atoms with Crippen molar-refractivity contribution < 1.29 is 0 Å². The van der Waals surface area contributed by atoms with Crippen molar-refractivity contribution in [3.05, 3.63) is 70.8 Å². The van der Waals surface area contributed by atoms with Gasteiger partial charge in [-0.1, -0.05) is 55.0 Å². The monoisotopic (exact) mass is 368 g/mol. The molecule has 144 valence electrons. The van der Waals surface area contributed by atoms with Crippen molar-refractivity contribution >= 4 is 0 Å². The standard InChI is InChI=1S/C28H32/c1-3-4-5-6-7-8-24-15-19-27(20-16-24)28-21-17-26(18-22-28)14-13-25-11-9-23(2)10-12-25/h9-12,17-18,21-22,24,27H,3-5,8,15-16,19-20H2,1-2H3. The Kier molecular flexibility index (Phi) is 7.82. The van der Waals surface area contributed by atoms with Gasteiger partial charge >= 0.3 is 0 Å². The fraction of sp³-hybridized carbons (Fsp3) is 0.429. The molecule has 0 heteroatoms. The van der Waals surface area contributed by atoms with Crippen LogP contribution >= 0.6 is 0 Å². The molecule has 0 aliphatic heterocycles. The molecule has 0 heterocycles. The molecule has 0 atom stereocenters. The van der Waals surface area contributed by atoms with Crippen LogP contribution in [-0.4, -0.2) is 0 Å². The van der Waals surface area contributed by atoms with E-state index in [4.69, 9.17) is 0 Å². The first-order valence-corrected chi connectivity index (χ1v) is 10.9. The van der Waals surface area contributed by atoms with Gasteiger partial charge in [-0.2, -0.15) is 0 Å². The van der Waals surface area contributed by atoms with E-state index >= 15 is 0 Å². The minimum Gasteiger partial charge on any atom is -0.103 e. The molecule has 0 unspecified atom stereocenters. The predicted octanol–water partition coefficient (Wildman–Crippen LogP) is 7.25. The molecular weight excluding hydrogens is 336 g/mol. The molecule has 0 bridgehead atoms. The highest BCUT2D eigenvalue weighted by Crippen LogP contribution is 2.36. The van der Waals surface area contributed by atoms with E-state index in [1.165, 1.54) is 49.7 Å². The lowest BCUT2D eigenvalue weighted by Crippen LogP contribution is -2.12. The number of rotatable bonds is 4. The molecule has 1 fully saturated rings. The Morgan fingerprint density at radius 2 is 1.39 bits per heavy atom. The zero-order valence-corrected chi connectivity index (χ0v) is 17.4. The van der Waals surface area contributed by atoms with Gasteiger partial charge < -0.3 is 0 Å². The lowest BCUT2D eigenvalue weighted by molar-refractivity contribution is 0.331. The number of aryl methyl sites for hydroxylation is 1.